The van der Waals surface area contributed by atoms with Gasteiger partial charge in [0, 0.05) is 14.0 Å². The average molecular weight is 151 g/mol. The second-order valence-corrected chi connectivity index (χ2v) is 2.15. The molecular weight excluding hydrogens is 142 g/mol. The van der Waals surface area contributed by atoms with Crippen LogP contribution in [0.5, 0.6) is 0 Å². The van der Waals surface area contributed by atoms with Crippen molar-refractivity contribution in [3.05, 3.63) is 23.7 Å². The lowest BCUT2D eigenvalue weighted by Crippen LogP contribution is -1.86. The molecule has 3 heteroatoms. The minimum absolute atomic E-state index is 0.0687. The largest absolute Gasteiger partial charge is 0.452 e. The molecule has 58 valence electrons. The van der Waals surface area contributed by atoms with Gasteiger partial charge in [-0.2, -0.15) is 0 Å². The molecule has 0 spiro atoms. The second kappa shape index (κ2) is 3.14. The number of furan rings is 1. The van der Waals surface area contributed by atoms with E-state index in [9.17, 15) is 4.79 Å². The third kappa shape index (κ3) is 1.77. The van der Waals surface area contributed by atoms with Crippen molar-refractivity contribution < 1.29 is 9.21 Å². The van der Waals surface area contributed by atoms with E-state index in [4.69, 9.17) is 4.42 Å². The van der Waals surface area contributed by atoms with Gasteiger partial charge in [0.2, 0.25) is 0 Å². The number of aliphatic imine (C=N–C) groups is 1. The van der Waals surface area contributed by atoms with Crippen LogP contribution in [0.15, 0.2) is 21.5 Å². The average Bonchev–Trinajstić information content (AvgIpc) is 2.37. The molecular formula is C8H9NO2. The van der Waals surface area contributed by atoms with Crippen molar-refractivity contribution in [3.63, 3.8) is 0 Å². The third-order valence-corrected chi connectivity index (χ3v) is 1.23. The molecule has 0 amide bonds. The van der Waals surface area contributed by atoms with Crippen LogP contribution in [0.4, 0.5) is 0 Å². The summed E-state index contributed by atoms with van der Waals surface area (Å²) in [5.41, 5.74) is 0. The van der Waals surface area contributed by atoms with Crippen LogP contribution in [0.3, 0.4) is 0 Å². The van der Waals surface area contributed by atoms with Crippen molar-refractivity contribution in [1.29, 1.82) is 0 Å². The van der Waals surface area contributed by atoms with Crippen LogP contribution in [-0.2, 0) is 0 Å². The highest BCUT2D eigenvalue weighted by molar-refractivity contribution is 5.92. The molecule has 11 heavy (non-hydrogen) atoms. The Labute approximate surface area is 64.7 Å². The van der Waals surface area contributed by atoms with Gasteiger partial charge in [0.15, 0.2) is 11.5 Å². The molecule has 0 radical (unpaired) electrons. The summed E-state index contributed by atoms with van der Waals surface area (Å²) < 4.78 is 5.09. The number of carbonyl (C=O) groups is 1. The Morgan fingerprint density at radius 2 is 2.36 bits per heavy atom. The van der Waals surface area contributed by atoms with Crippen molar-refractivity contribution >= 4 is 12.0 Å². The smallest absolute Gasteiger partial charge is 0.194 e. The topological polar surface area (TPSA) is 42.6 Å². The Bertz CT molecular complexity index is 286. The van der Waals surface area contributed by atoms with Gasteiger partial charge < -0.3 is 4.42 Å². The summed E-state index contributed by atoms with van der Waals surface area (Å²) in [5, 5.41) is 0. The predicted octanol–water partition coefficient (Wildman–Crippen LogP) is 1.53. The Morgan fingerprint density at radius 3 is 2.82 bits per heavy atom. The van der Waals surface area contributed by atoms with Crippen LogP contribution in [0, 0.1) is 0 Å². The zero-order chi connectivity index (χ0) is 8.27. The maximum atomic E-state index is 10.7. The predicted molar refractivity (Wildman–Crippen MR) is 42.2 cm³/mol. The molecule has 0 aliphatic carbocycles. The van der Waals surface area contributed by atoms with Crippen LogP contribution >= 0.6 is 0 Å². The van der Waals surface area contributed by atoms with Crippen molar-refractivity contribution in [1.82, 2.24) is 0 Å². The zero-order valence-electron chi connectivity index (χ0n) is 6.50. The SMILES string of the molecule is C/N=C/c1ccc(C(C)=O)o1. The van der Waals surface area contributed by atoms with Gasteiger partial charge >= 0.3 is 0 Å². The number of hydrogen-bond donors (Lipinski definition) is 0. The molecule has 0 unspecified atom stereocenters. The molecule has 1 heterocycles. The van der Waals surface area contributed by atoms with E-state index in [2.05, 4.69) is 4.99 Å². The highest BCUT2D eigenvalue weighted by Crippen LogP contribution is 2.05. The van der Waals surface area contributed by atoms with Crippen molar-refractivity contribution in [2.75, 3.05) is 7.05 Å². The minimum Gasteiger partial charge on any atom is -0.452 e. The molecule has 0 saturated carbocycles. The monoisotopic (exact) mass is 151 g/mol. The first kappa shape index (κ1) is 7.72. The molecule has 0 saturated heterocycles. The Kier molecular flexibility index (Phi) is 2.21. The molecule has 1 aromatic heterocycles. The van der Waals surface area contributed by atoms with Gasteiger partial charge in [0.05, 0.1) is 6.21 Å². The summed E-state index contributed by atoms with van der Waals surface area (Å²) in [6.45, 7) is 1.46. The van der Waals surface area contributed by atoms with Crippen molar-refractivity contribution in [2.45, 2.75) is 6.92 Å². The van der Waals surface area contributed by atoms with E-state index in [1.165, 1.54) is 6.92 Å². The third-order valence-electron chi connectivity index (χ3n) is 1.23. The lowest BCUT2D eigenvalue weighted by atomic mass is 10.3. The highest BCUT2D eigenvalue weighted by Gasteiger charge is 2.03. The molecule has 0 aromatic carbocycles. The fourth-order valence-corrected chi connectivity index (χ4v) is 0.739. The first-order valence-corrected chi connectivity index (χ1v) is 3.27. The molecule has 0 aliphatic rings. The molecule has 1 rings (SSSR count). The van der Waals surface area contributed by atoms with E-state index in [1.807, 2.05) is 0 Å². The van der Waals surface area contributed by atoms with E-state index >= 15 is 0 Å². The number of carbonyl (C=O) groups excluding carboxylic acids is 1. The molecule has 0 fully saturated rings. The lowest BCUT2D eigenvalue weighted by molar-refractivity contribution is 0.0987. The van der Waals surface area contributed by atoms with Crippen LogP contribution in [0.2, 0.25) is 0 Å². The second-order valence-electron chi connectivity index (χ2n) is 2.15. The molecule has 1 aromatic rings. The van der Waals surface area contributed by atoms with Gasteiger partial charge in [-0.3, -0.25) is 9.79 Å². The standard InChI is InChI=1S/C8H9NO2/c1-6(10)8-4-3-7(11-8)5-9-2/h3-5H,1-2H3/b9-5+. The number of hydrogen-bond acceptors (Lipinski definition) is 3. The van der Waals surface area contributed by atoms with E-state index < -0.39 is 0 Å². The summed E-state index contributed by atoms with van der Waals surface area (Å²) >= 11 is 0. The van der Waals surface area contributed by atoms with Gasteiger partial charge in [0.25, 0.3) is 0 Å². The van der Waals surface area contributed by atoms with E-state index in [-0.39, 0.29) is 5.78 Å². The Morgan fingerprint density at radius 1 is 1.64 bits per heavy atom. The van der Waals surface area contributed by atoms with E-state index in [0.29, 0.717) is 11.5 Å². The maximum Gasteiger partial charge on any atom is 0.194 e. The van der Waals surface area contributed by atoms with Gasteiger partial charge in [-0.15, -0.1) is 0 Å². The number of Topliss-reactive ketones (excluding diaryl/α,β-unsaturated/α-hetero) is 1. The lowest BCUT2D eigenvalue weighted by Gasteiger charge is -1.84. The maximum absolute atomic E-state index is 10.7. The number of ketones is 1. The van der Waals surface area contributed by atoms with E-state index in [1.54, 1.807) is 25.4 Å². The van der Waals surface area contributed by atoms with Gasteiger partial charge in [0.1, 0.15) is 5.76 Å². The molecule has 3 nitrogen and oxygen atoms in total. The molecule has 0 atom stereocenters. The highest BCUT2D eigenvalue weighted by atomic mass is 16.3. The Balaban J connectivity index is 2.90. The van der Waals surface area contributed by atoms with Gasteiger partial charge in [-0.25, -0.2) is 0 Å². The van der Waals surface area contributed by atoms with Crippen LogP contribution < -0.4 is 0 Å². The van der Waals surface area contributed by atoms with Gasteiger partial charge in [-0.1, -0.05) is 0 Å². The Hall–Kier alpha value is -1.38. The summed E-state index contributed by atoms with van der Waals surface area (Å²) in [5.74, 6) is 0.915. The van der Waals surface area contributed by atoms with Crippen LogP contribution in [-0.4, -0.2) is 19.0 Å². The molecule has 0 aliphatic heterocycles. The fourth-order valence-electron chi connectivity index (χ4n) is 0.739. The number of rotatable bonds is 2. The quantitative estimate of drug-likeness (QED) is 0.475. The van der Waals surface area contributed by atoms with Crippen LogP contribution in [0.1, 0.15) is 23.2 Å². The summed E-state index contributed by atoms with van der Waals surface area (Å²) in [6, 6.07) is 3.35. The summed E-state index contributed by atoms with van der Waals surface area (Å²) in [6.07, 6.45) is 1.56. The molecule has 0 bridgehead atoms. The van der Waals surface area contributed by atoms with E-state index in [0.717, 1.165) is 0 Å². The van der Waals surface area contributed by atoms with Crippen LogP contribution in [0.25, 0.3) is 0 Å². The normalized spacial score (nSPS) is 10.7. The number of nitrogens with zero attached hydrogens (tertiary/aromatic N) is 1. The first-order chi connectivity index (χ1) is 5.24. The first-order valence-electron chi connectivity index (χ1n) is 3.27. The fraction of sp³-hybridized carbons (Fsp3) is 0.250. The molecule has 0 N–H and O–H groups in total. The summed E-state index contributed by atoms with van der Waals surface area (Å²) in [7, 11) is 1.65. The zero-order valence-corrected chi connectivity index (χ0v) is 6.50. The van der Waals surface area contributed by atoms with Gasteiger partial charge in [-0.05, 0) is 12.1 Å². The summed E-state index contributed by atoms with van der Waals surface area (Å²) in [4.78, 5) is 14.5. The minimum atomic E-state index is -0.0687. The van der Waals surface area contributed by atoms with Crippen molar-refractivity contribution in [2.24, 2.45) is 4.99 Å². The van der Waals surface area contributed by atoms with Crippen molar-refractivity contribution in [3.8, 4) is 0 Å².